The maximum atomic E-state index is 12.8. The van der Waals surface area contributed by atoms with E-state index in [1.807, 2.05) is 23.1 Å². The van der Waals surface area contributed by atoms with Gasteiger partial charge in [0.1, 0.15) is 0 Å². The van der Waals surface area contributed by atoms with Crippen molar-refractivity contribution in [3.8, 4) is 0 Å². The normalized spacial score (nSPS) is 27.3. The first-order valence-corrected chi connectivity index (χ1v) is 8.44. The van der Waals surface area contributed by atoms with Crippen LogP contribution in [-0.4, -0.2) is 49.3 Å². The Hall–Kier alpha value is -1.65. The average molecular weight is 315 g/mol. The molecule has 1 unspecified atom stereocenters. The van der Waals surface area contributed by atoms with E-state index in [9.17, 15) is 4.79 Å². The fraction of sp³-hybridized carbons (Fsp3) is 0.526. The third kappa shape index (κ3) is 3.82. The molecule has 3 rings (SSSR count). The molecule has 0 bridgehead atoms. The third-order valence-electron chi connectivity index (χ3n) is 4.76. The van der Waals surface area contributed by atoms with Gasteiger partial charge in [0.2, 0.25) is 5.91 Å². The summed E-state index contributed by atoms with van der Waals surface area (Å²) in [7, 11) is 0. The maximum absolute atomic E-state index is 12.8. The summed E-state index contributed by atoms with van der Waals surface area (Å²) < 4.78 is 11.3. The van der Waals surface area contributed by atoms with Crippen LogP contribution in [0.5, 0.6) is 0 Å². The van der Waals surface area contributed by atoms with Crippen molar-refractivity contribution in [2.24, 2.45) is 5.92 Å². The van der Waals surface area contributed by atoms with Crippen LogP contribution in [0.15, 0.2) is 43.0 Å². The van der Waals surface area contributed by atoms with Gasteiger partial charge in [-0.05, 0) is 24.8 Å². The van der Waals surface area contributed by atoms with Crippen molar-refractivity contribution in [2.45, 2.75) is 31.4 Å². The predicted molar refractivity (Wildman–Crippen MR) is 89.1 cm³/mol. The molecule has 2 aliphatic rings. The van der Waals surface area contributed by atoms with Crippen molar-refractivity contribution in [1.29, 1.82) is 0 Å². The van der Waals surface area contributed by atoms with E-state index < -0.39 is 0 Å². The largest absolute Gasteiger partial charge is 0.381 e. The van der Waals surface area contributed by atoms with Crippen LogP contribution in [-0.2, 0) is 20.7 Å². The Balaban J connectivity index is 1.73. The number of ether oxygens (including phenoxy) is 2. The number of amides is 1. The first-order valence-electron chi connectivity index (χ1n) is 8.44. The van der Waals surface area contributed by atoms with E-state index in [1.165, 1.54) is 5.56 Å². The van der Waals surface area contributed by atoms with Crippen molar-refractivity contribution in [3.05, 3.63) is 48.6 Å². The van der Waals surface area contributed by atoms with E-state index in [4.69, 9.17) is 9.47 Å². The maximum Gasteiger partial charge on any atom is 0.228 e. The van der Waals surface area contributed by atoms with Crippen molar-refractivity contribution in [3.63, 3.8) is 0 Å². The highest BCUT2D eigenvalue weighted by Gasteiger charge is 2.40. The van der Waals surface area contributed by atoms with Crippen LogP contribution < -0.4 is 0 Å². The van der Waals surface area contributed by atoms with Crippen LogP contribution in [0.25, 0.3) is 0 Å². The highest BCUT2D eigenvalue weighted by Crippen LogP contribution is 2.28. The van der Waals surface area contributed by atoms with Crippen LogP contribution in [0.3, 0.4) is 0 Å². The fourth-order valence-corrected chi connectivity index (χ4v) is 3.55. The van der Waals surface area contributed by atoms with Crippen molar-refractivity contribution >= 4 is 5.91 Å². The van der Waals surface area contributed by atoms with Gasteiger partial charge in [0.05, 0.1) is 31.3 Å². The number of hydrogen-bond acceptors (Lipinski definition) is 3. The average Bonchev–Trinajstić information content (AvgIpc) is 3.24. The quantitative estimate of drug-likeness (QED) is 0.757. The summed E-state index contributed by atoms with van der Waals surface area (Å²) in [6.07, 6.45) is 4.42. The van der Waals surface area contributed by atoms with Gasteiger partial charge in [0.25, 0.3) is 0 Å². The second-order valence-corrected chi connectivity index (χ2v) is 6.30. The van der Waals surface area contributed by atoms with E-state index in [0.717, 1.165) is 25.8 Å². The molecule has 2 aliphatic heterocycles. The number of carbonyl (C=O) groups excluding carboxylic acids is 1. The standard InChI is InChI=1S/C19H25NO3/c1-2-11-23-18-8-10-20(19(21)16-9-12-22-14-16)17(18)13-15-6-4-3-5-7-15/h2-7,16-18H,1,8-14H2/t16?,17-,18-/m0/s1. The molecule has 1 aromatic rings. The molecule has 0 radical (unpaired) electrons. The summed E-state index contributed by atoms with van der Waals surface area (Å²) in [6.45, 7) is 6.29. The summed E-state index contributed by atoms with van der Waals surface area (Å²) in [5.74, 6) is 0.250. The second kappa shape index (κ2) is 7.75. The number of carbonyl (C=O) groups is 1. The number of rotatable bonds is 6. The number of nitrogens with zero attached hydrogens (tertiary/aromatic N) is 1. The van der Waals surface area contributed by atoms with E-state index in [0.29, 0.717) is 19.8 Å². The first-order chi connectivity index (χ1) is 11.3. The summed E-state index contributed by atoms with van der Waals surface area (Å²) in [5.41, 5.74) is 1.24. The highest BCUT2D eigenvalue weighted by molar-refractivity contribution is 5.80. The number of hydrogen-bond donors (Lipinski definition) is 0. The Morgan fingerprint density at radius 2 is 2.17 bits per heavy atom. The van der Waals surface area contributed by atoms with Gasteiger partial charge >= 0.3 is 0 Å². The molecule has 1 aromatic carbocycles. The van der Waals surface area contributed by atoms with Gasteiger partial charge in [-0.3, -0.25) is 4.79 Å². The monoisotopic (exact) mass is 315 g/mol. The molecule has 23 heavy (non-hydrogen) atoms. The van der Waals surface area contributed by atoms with Crippen LogP contribution in [0.4, 0.5) is 0 Å². The van der Waals surface area contributed by atoms with Crippen LogP contribution >= 0.6 is 0 Å². The summed E-state index contributed by atoms with van der Waals surface area (Å²) in [4.78, 5) is 14.9. The van der Waals surface area contributed by atoms with E-state index in [2.05, 4.69) is 18.7 Å². The SMILES string of the molecule is C=CCO[C@H]1CCN(C(=O)C2CCOC2)[C@H]1Cc1ccccc1. The molecular weight excluding hydrogens is 290 g/mol. The van der Waals surface area contributed by atoms with Gasteiger partial charge in [-0.15, -0.1) is 6.58 Å². The molecule has 3 atom stereocenters. The Labute approximate surface area is 138 Å². The van der Waals surface area contributed by atoms with Gasteiger partial charge in [-0.1, -0.05) is 36.4 Å². The molecule has 0 spiro atoms. The second-order valence-electron chi connectivity index (χ2n) is 6.30. The van der Waals surface area contributed by atoms with E-state index in [1.54, 1.807) is 6.08 Å². The Morgan fingerprint density at radius 1 is 1.35 bits per heavy atom. The Kier molecular flexibility index (Phi) is 5.47. The predicted octanol–water partition coefficient (Wildman–Crippen LogP) is 2.44. The van der Waals surface area contributed by atoms with Gasteiger partial charge in [0.15, 0.2) is 0 Å². The lowest BCUT2D eigenvalue weighted by Gasteiger charge is -2.30. The zero-order chi connectivity index (χ0) is 16.1. The minimum Gasteiger partial charge on any atom is -0.381 e. The molecule has 0 aromatic heterocycles. The zero-order valence-electron chi connectivity index (χ0n) is 13.5. The molecule has 2 heterocycles. The topological polar surface area (TPSA) is 38.8 Å². The van der Waals surface area contributed by atoms with Gasteiger partial charge < -0.3 is 14.4 Å². The molecular formula is C19H25NO3. The van der Waals surface area contributed by atoms with Gasteiger partial charge in [0, 0.05) is 13.2 Å². The molecule has 0 saturated carbocycles. The molecule has 2 fully saturated rings. The van der Waals surface area contributed by atoms with Crippen molar-refractivity contribution in [1.82, 2.24) is 4.90 Å². The van der Waals surface area contributed by atoms with E-state index >= 15 is 0 Å². The number of benzene rings is 1. The molecule has 4 nitrogen and oxygen atoms in total. The summed E-state index contributed by atoms with van der Waals surface area (Å²) >= 11 is 0. The fourth-order valence-electron chi connectivity index (χ4n) is 3.55. The molecule has 1 amide bonds. The minimum atomic E-state index is 0.0198. The lowest BCUT2D eigenvalue weighted by Crippen LogP contribution is -2.44. The Bertz CT molecular complexity index is 525. The summed E-state index contributed by atoms with van der Waals surface area (Å²) in [6, 6.07) is 10.4. The molecule has 0 N–H and O–H groups in total. The van der Waals surface area contributed by atoms with Crippen LogP contribution in [0.2, 0.25) is 0 Å². The smallest absolute Gasteiger partial charge is 0.228 e. The van der Waals surface area contributed by atoms with Crippen LogP contribution in [0.1, 0.15) is 18.4 Å². The van der Waals surface area contributed by atoms with Crippen molar-refractivity contribution in [2.75, 3.05) is 26.4 Å². The zero-order valence-corrected chi connectivity index (χ0v) is 13.5. The highest BCUT2D eigenvalue weighted by atomic mass is 16.5. The van der Waals surface area contributed by atoms with Crippen LogP contribution in [0, 0.1) is 5.92 Å². The van der Waals surface area contributed by atoms with Crippen molar-refractivity contribution < 1.29 is 14.3 Å². The molecule has 2 saturated heterocycles. The molecule has 124 valence electrons. The third-order valence-corrected chi connectivity index (χ3v) is 4.76. The lowest BCUT2D eigenvalue weighted by atomic mass is 10.0. The molecule has 0 aliphatic carbocycles. The molecule has 4 heteroatoms. The first kappa shape index (κ1) is 16.2. The van der Waals surface area contributed by atoms with E-state index in [-0.39, 0.29) is 24.0 Å². The lowest BCUT2D eigenvalue weighted by molar-refractivity contribution is -0.137. The minimum absolute atomic E-state index is 0.0198. The number of likely N-dealkylation sites (tertiary alicyclic amines) is 1. The Morgan fingerprint density at radius 3 is 2.87 bits per heavy atom. The summed E-state index contributed by atoms with van der Waals surface area (Å²) in [5, 5.41) is 0. The van der Waals surface area contributed by atoms with Gasteiger partial charge in [-0.2, -0.15) is 0 Å². The van der Waals surface area contributed by atoms with Gasteiger partial charge in [-0.25, -0.2) is 0 Å².